The number of phenols is 1. The molecule has 1 fully saturated rings. The average Bonchev–Trinajstić information content (AvgIpc) is 2.63. The van der Waals surface area contributed by atoms with E-state index in [1.807, 2.05) is 13.0 Å². The van der Waals surface area contributed by atoms with E-state index in [4.69, 9.17) is 0 Å². The van der Waals surface area contributed by atoms with Crippen LogP contribution in [0.1, 0.15) is 73.8 Å². The van der Waals surface area contributed by atoms with Gasteiger partial charge in [0.25, 0.3) is 0 Å². The van der Waals surface area contributed by atoms with Gasteiger partial charge in [0.05, 0.1) is 0 Å². The highest BCUT2D eigenvalue weighted by Gasteiger charge is 2.33. The van der Waals surface area contributed by atoms with E-state index in [0.717, 1.165) is 48.8 Å². The van der Waals surface area contributed by atoms with Gasteiger partial charge in [-0.25, -0.2) is 0 Å². The third-order valence-electron chi connectivity index (χ3n) is 6.35. The molecular formula is C25H30O2. The number of aromatic hydroxyl groups is 1. The van der Waals surface area contributed by atoms with Crippen LogP contribution in [-0.2, 0) is 5.41 Å². The van der Waals surface area contributed by atoms with Gasteiger partial charge in [0.15, 0.2) is 0 Å². The third-order valence-corrected chi connectivity index (χ3v) is 6.35. The predicted octanol–water partition coefficient (Wildman–Crippen LogP) is 5.38. The summed E-state index contributed by atoms with van der Waals surface area (Å²) in [7, 11) is 0. The van der Waals surface area contributed by atoms with Crippen LogP contribution in [0, 0.1) is 25.7 Å². The largest absolute Gasteiger partial charge is 0.508 e. The number of benzene rings is 2. The van der Waals surface area contributed by atoms with Crippen molar-refractivity contribution in [3.05, 3.63) is 64.2 Å². The zero-order valence-corrected chi connectivity index (χ0v) is 16.9. The molecule has 1 aliphatic rings. The van der Waals surface area contributed by atoms with E-state index in [2.05, 4.69) is 56.9 Å². The lowest BCUT2D eigenvalue weighted by Gasteiger charge is -2.34. The molecule has 142 valence electrons. The minimum absolute atomic E-state index is 0.0820. The third kappa shape index (κ3) is 3.62. The normalized spacial score (nSPS) is 15.6. The lowest BCUT2D eigenvalue weighted by molar-refractivity contribution is 0.0240. The maximum absolute atomic E-state index is 10.2. The summed E-state index contributed by atoms with van der Waals surface area (Å²) in [6.45, 7) is 8.49. The van der Waals surface area contributed by atoms with Crippen molar-refractivity contribution in [2.75, 3.05) is 0 Å². The van der Waals surface area contributed by atoms with Crippen molar-refractivity contribution in [2.45, 2.75) is 70.8 Å². The molecule has 2 nitrogen and oxygen atoms in total. The second-order valence-corrected chi connectivity index (χ2v) is 7.96. The number of phenolic OH excluding ortho intramolecular Hbond substituents is 1. The number of rotatable bonds is 4. The lowest BCUT2D eigenvalue weighted by atomic mass is 9.70. The van der Waals surface area contributed by atoms with Crippen LogP contribution in [0.15, 0.2) is 36.4 Å². The van der Waals surface area contributed by atoms with E-state index < -0.39 is 5.60 Å². The molecule has 0 spiro atoms. The molecule has 2 heteroatoms. The molecule has 27 heavy (non-hydrogen) atoms. The summed E-state index contributed by atoms with van der Waals surface area (Å²) >= 11 is 0. The van der Waals surface area contributed by atoms with Crippen LogP contribution in [-0.4, -0.2) is 15.8 Å². The zero-order chi connectivity index (χ0) is 19.7. The molecular weight excluding hydrogens is 332 g/mol. The molecule has 1 aliphatic carbocycles. The number of aryl methyl sites for hydroxylation is 2. The van der Waals surface area contributed by atoms with Crippen molar-refractivity contribution < 1.29 is 10.2 Å². The van der Waals surface area contributed by atoms with E-state index in [9.17, 15) is 10.2 Å². The quantitative estimate of drug-likeness (QED) is 0.717. The Morgan fingerprint density at radius 3 is 2.04 bits per heavy atom. The summed E-state index contributed by atoms with van der Waals surface area (Å²) in [5.74, 6) is 6.60. The number of aliphatic hydroxyl groups is 1. The topological polar surface area (TPSA) is 40.5 Å². The maximum Gasteiger partial charge on any atom is 0.125 e. The summed E-state index contributed by atoms with van der Waals surface area (Å²) in [6, 6.07) is 12.5. The van der Waals surface area contributed by atoms with E-state index in [0.29, 0.717) is 5.75 Å². The monoisotopic (exact) mass is 362 g/mol. The summed E-state index contributed by atoms with van der Waals surface area (Å²) in [4.78, 5) is 0. The summed E-state index contributed by atoms with van der Waals surface area (Å²) in [5.41, 5.74) is 4.71. The van der Waals surface area contributed by atoms with Crippen LogP contribution in [0.25, 0.3) is 0 Å². The van der Waals surface area contributed by atoms with Crippen molar-refractivity contribution in [1.29, 1.82) is 0 Å². The predicted molar refractivity (Wildman–Crippen MR) is 111 cm³/mol. The highest BCUT2D eigenvalue weighted by Crippen LogP contribution is 2.40. The standard InChI is InChI=1S/C25H30O2/c1-5-25(6-2,22-10-11-23(26)19(4)17-22)21-9-8-20(18(3)16-21)12-15-24(27)13-7-14-24/h8-11,16-17,26-27H,5-7,13-14H2,1-4H3. The molecule has 3 rings (SSSR count). The number of hydrogen-bond acceptors (Lipinski definition) is 2. The minimum atomic E-state index is -0.773. The van der Waals surface area contributed by atoms with Crippen LogP contribution in [0.2, 0.25) is 0 Å². The fourth-order valence-corrected chi connectivity index (χ4v) is 4.11. The molecule has 1 saturated carbocycles. The Morgan fingerprint density at radius 1 is 0.963 bits per heavy atom. The molecule has 0 unspecified atom stereocenters. The molecule has 0 atom stereocenters. The second-order valence-electron chi connectivity index (χ2n) is 7.96. The van der Waals surface area contributed by atoms with Crippen LogP contribution in [0.4, 0.5) is 0 Å². The summed E-state index contributed by atoms with van der Waals surface area (Å²) in [5, 5.41) is 20.1. The molecule has 0 aromatic heterocycles. The number of hydrogen-bond donors (Lipinski definition) is 2. The Morgan fingerprint density at radius 2 is 1.56 bits per heavy atom. The Kier molecular flexibility index (Phi) is 5.36. The van der Waals surface area contributed by atoms with Crippen LogP contribution in [0.3, 0.4) is 0 Å². The van der Waals surface area contributed by atoms with Gasteiger partial charge in [0.1, 0.15) is 11.4 Å². The van der Waals surface area contributed by atoms with Gasteiger partial charge in [0, 0.05) is 11.0 Å². The molecule has 0 radical (unpaired) electrons. The zero-order valence-electron chi connectivity index (χ0n) is 16.9. The molecule has 2 aromatic carbocycles. The van der Waals surface area contributed by atoms with Gasteiger partial charge in [-0.3, -0.25) is 0 Å². The maximum atomic E-state index is 10.2. The second kappa shape index (κ2) is 7.41. The fourth-order valence-electron chi connectivity index (χ4n) is 4.11. The van der Waals surface area contributed by atoms with E-state index in [-0.39, 0.29) is 5.41 Å². The molecule has 0 amide bonds. The Bertz CT molecular complexity index is 890. The van der Waals surface area contributed by atoms with Crippen molar-refractivity contribution in [2.24, 2.45) is 0 Å². The van der Waals surface area contributed by atoms with E-state index in [1.54, 1.807) is 6.07 Å². The highest BCUT2D eigenvalue weighted by atomic mass is 16.3. The highest BCUT2D eigenvalue weighted by molar-refractivity contribution is 5.50. The molecule has 2 aromatic rings. The van der Waals surface area contributed by atoms with E-state index in [1.165, 1.54) is 11.1 Å². The van der Waals surface area contributed by atoms with Gasteiger partial charge >= 0.3 is 0 Å². The SMILES string of the molecule is CCC(CC)(c1ccc(O)c(C)c1)c1ccc(C#CC2(O)CCC2)c(C)c1. The lowest BCUT2D eigenvalue weighted by Crippen LogP contribution is -2.34. The van der Waals surface area contributed by atoms with E-state index >= 15 is 0 Å². The van der Waals surface area contributed by atoms with Crippen molar-refractivity contribution in [1.82, 2.24) is 0 Å². The van der Waals surface area contributed by atoms with Gasteiger partial charge in [-0.15, -0.1) is 0 Å². The Labute approximate surface area is 163 Å². The molecule has 0 aliphatic heterocycles. The summed E-state index contributed by atoms with van der Waals surface area (Å²) in [6.07, 6.45) is 4.60. The molecule has 0 saturated heterocycles. The Balaban J connectivity index is 2.01. The average molecular weight is 363 g/mol. The van der Waals surface area contributed by atoms with Crippen LogP contribution in [0.5, 0.6) is 5.75 Å². The first-order valence-corrected chi connectivity index (χ1v) is 10.0. The van der Waals surface area contributed by atoms with Crippen LogP contribution >= 0.6 is 0 Å². The summed E-state index contributed by atoms with van der Waals surface area (Å²) < 4.78 is 0. The minimum Gasteiger partial charge on any atom is -0.508 e. The van der Waals surface area contributed by atoms with Gasteiger partial charge in [0.2, 0.25) is 0 Å². The van der Waals surface area contributed by atoms with Crippen molar-refractivity contribution >= 4 is 0 Å². The van der Waals surface area contributed by atoms with Gasteiger partial charge in [-0.05, 0) is 80.3 Å². The van der Waals surface area contributed by atoms with Gasteiger partial charge in [-0.1, -0.05) is 50.0 Å². The fraction of sp³-hybridized carbons (Fsp3) is 0.440. The molecule has 0 bridgehead atoms. The van der Waals surface area contributed by atoms with Crippen LogP contribution < -0.4 is 0 Å². The Hall–Kier alpha value is -2.24. The first kappa shape index (κ1) is 19.5. The van der Waals surface area contributed by atoms with Crippen molar-refractivity contribution in [3.8, 4) is 17.6 Å². The molecule has 0 heterocycles. The smallest absolute Gasteiger partial charge is 0.125 e. The van der Waals surface area contributed by atoms with Gasteiger partial charge < -0.3 is 10.2 Å². The van der Waals surface area contributed by atoms with Crippen molar-refractivity contribution in [3.63, 3.8) is 0 Å². The van der Waals surface area contributed by atoms with Gasteiger partial charge in [-0.2, -0.15) is 0 Å². The molecule has 2 N–H and O–H groups in total. The first-order chi connectivity index (χ1) is 12.8. The first-order valence-electron chi connectivity index (χ1n) is 10.0.